The molecule has 2 aliphatic rings. The summed E-state index contributed by atoms with van der Waals surface area (Å²) in [6, 6.07) is 4.18. The molecule has 1 aliphatic heterocycles. The first kappa shape index (κ1) is 26.3. The number of carbonyl (C=O) groups is 2. The van der Waals surface area contributed by atoms with Crippen molar-refractivity contribution in [2.24, 2.45) is 0 Å². The van der Waals surface area contributed by atoms with Gasteiger partial charge in [0, 0.05) is 29.5 Å². The van der Waals surface area contributed by atoms with Crippen molar-refractivity contribution in [1.82, 2.24) is 30.0 Å². The fourth-order valence-corrected chi connectivity index (χ4v) is 6.05. The van der Waals surface area contributed by atoms with Crippen molar-refractivity contribution in [2.45, 2.75) is 77.4 Å². The SMILES string of the molecule is C=CC(=O)N1CC(NC(=O)c2c(C)nc(CNc3n[nH]c4cc(Cl)c(C(C)(C)C)cc34)n2C2CCCC2)C1. The largest absolute Gasteiger partial charge is 0.361 e. The van der Waals surface area contributed by atoms with Gasteiger partial charge in [-0.2, -0.15) is 5.10 Å². The van der Waals surface area contributed by atoms with E-state index in [0.717, 1.165) is 53.8 Å². The van der Waals surface area contributed by atoms with Crippen LogP contribution in [0.1, 0.15) is 80.1 Å². The van der Waals surface area contributed by atoms with E-state index in [1.54, 1.807) is 4.90 Å². The molecule has 38 heavy (non-hydrogen) atoms. The average molecular weight is 538 g/mol. The number of aromatic nitrogens is 4. The normalized spacial score (nSPS) is 16.6. The monoisotopic (exact) mass is 537 g/mol. The molecule has 0 bridgehead atoms. The second kappa shape index (κ2) is 10.1. The number of nitrogens with one attached hydrogen (secondary N) is 3. The summed E-state index contributed by atoms with van der Waals surface area (Å²) >= 11 is 6.55. The van der Waals surface area contributed by atoms with E-state index < -0.39 is 0 Å². The fourth-order valence-electron chi connectivity index (χ4n) is 5.60. The molecule has 2 aromatic heterocycles. The highest BCUT2D eigenvalue weighted by Gasteiger charge is 2.34. The Kier molecular flexibility index (Phi) is 6.98. The lowest BCUT2D eigenvalue weighted by atomic mass is 9.86. The number of carbonyl (C=O) groups excluding carboxylic acids is 2. The van der Waals surface area contributed by atoms with Gasteiger partial charge in [-0.25, -0.2) is 4.98 Å². The van der Waals surface area contributed by atoms with E-state index in [2.05, 4.69) is 58.8 Å². The summed E-state index contributed by atoms with van der Waals surface area (Å²) in [5, 5.41) is 15.8. The van der Waals surface area contributed by atoms with Gasteiger partial charge in [-0.15, -0.1) is 0 Å². The molecule has 202 valence electrons. The molecule has 0 spiro atoms. The summed E-state index contributed by atoms with van der Waals surface area (Å²) < 4.78 is 2.13. The first-order chi connectivity index (χ1) is 18.1. The number of aromatic amines is 1. The van der Waals surface area contributed by atoms with Gasteiger partial charge in [0.25, 0.3) is 5.91 Å². The molecule has 1 saturated carbocycles. The summed E-state index contributed by atoms with van der Waals surface area (Å²) in [6.45, 7) is 13.3. The zero-order chi connectivity index (χ0) is 27.2. The molecule has 3 N–H and O–H groups in total. The van der Waals surface area contributed by atoms with Gasteiger partial charge in [0.1, 0.15) is 11.5 Å². The van der Waals surface area contributed by atoms with Gasteiger partial charge < -0.3 is 20.1 Å². The summed E-state index contributed by atoms with van der Waals surface area (Å²) in [5.41, 5.74) is 3.14. The highest BCUT2D eigenvalue weighted by molar-refractivity contribution is 6.32. The Hall–Kier alpha value is -3.33. The molecule has 0 atom stereocenters. The number of benzene rings is 1. The van der Waals surface area contributed by atoms with Gasteiger partial charge in [0.05, 0.1) is 23.8 Å². The van der Waals surface area contributed by atoms with Gasteiger partial charge in [-0.3, -0.25) is 14.7 Å². The van der Waals surface area contributed by atoms with Crippen molar-refractivity contribution in [3.8, 4) is 0 Å². The number of imidazole rings is 1. The van der Waals surface area contributed by atoms with Crippen molar-refractivity contribution in [1.29, 1.82) is 0 Å². The number of amides is 2. The number of H-pyrrole nitrogens is 1. The Morgan fingerprint density at radius 2 is 1.95 bits per heavy atom. The van der Waals surface area contributed by atoms with E-state index in [-0.39, 0.29) is 29.3 Å². The minimum Gasteiger partial charge on any atom is -0.361 e. The van der Waals surface area contributed by atoms with Crippen LogP contribution >= 0.6 is 11.6 Å². The molecule has 0 radical (unpaired) electrons. The summed E-state index contributed by atoms with van der Waals surface area (Å²) in [4.78, 5) is 31.7. The molecular weight excluding hydrogens is 502 g/mol. The van der Waals surface area contributed by atoms with Crippen LogP contribution in [0.3, 0.4) is 0 Å². The average Bonchev–Trinajstić information content (AvgIpc) is 3.56. The van der Waals surface area contributed by atoms with Crippen LogP contribution < -0.4 is 10.6 Å². The molecule has 1 saturated heterocycles. The molecule has 2 amide bonds. The molecule has 3 aromatic rings. The van der Waals surface area contributed by atoms with Crippen molar-refractivity contribution < 1.29 is 9.59 Å². The second-order valence-electron chi connectivity index (χ2n) is 11.4. The van der Waals surface area contributed by atoms with Crippen molar-refractivity contribution in [2.75, 3.05) is 18.4 Å². The standard InChI is InChI=1S/C28H36ClN7O2/c1-6-24(37)35-14-17(15-35)32-27(38)25-16(2)31-23(36(25)18-9-7-8-10-18)13-30-26-19-11-20(28(3,4)5)21(29)12-22(19)33-34-26/h6,11-12,17-18H,1,7-10,13-15H2,2-5H3,(H,32,38)(H2,30,33,34). The number of likely N-dealkylation sites (tertiary alicyclic amines) is 1. The maximum atomic E-state index is 13.4. The highest BCUT2D eigenvalue weighted by Crippen LogP contribution is 2.36. The molecule has 10 heteroatoms. The van der Waals surface area contributed by atoms with E-state index in [0.29, 0.717) is 36.0 Å². The Morgan fingerprint density at radius 3 is 2.61 bits per heavy atom. The topological polar surface area (TPSA) is 108 Å². The van der Waals surface area contributed by atoms with Crippen LogP contribution in [0.4, 0.5) is 5.82 Å². The maximum absolute atomic E-state index is 13.4. The minimum absolute atomic E-state index is 0.0708. The summed E-state index contributed by atoms with van der Waals surface area (Å²) in [6.07, 6.45) is 5.62. The maximum Gasteiger partial charge on any atom is 0.270 e. The number of hydrogen-bond donors (Lipinski definition) is 3. The van der Waals surface area contributed by atoms with Gasteiger partial charge in [-0.1, -0.05) is 51.8 Å². The number of fused-ring (bicyclic) bond motifs is 1. The van der Waals surface area contributed by atoms with Gasteiger partial charge >= 0.3 is 0 Å². The lowest BCUT2D eigenvalue weighted by Gasteiger charge is -2.39. The number of halogens is 1. The number of anilines is 1. The number of nitrogens with zero attached hydrogens (tertiary/aromatic N) is 4. The van der Waals surface area contributed by atoms with Crippen LogP contribution in [0.2, 0.25) is 5.02 Å². The molecule has 5 rings (SSSR count). The summed E-state index contributed by atoms with van der Waals surface area (Å²) in [5.74, 6) is 1.29. The van der Waals surface area contributed by atoms with E-state index in [4.69, 9.17) is 16.6 Å². The van der Waals surface area contributed by atoms with E-state index >= 15 is 0 Å². The Balaban J connectivity index is 1.39. The predicted octanol–water partition coefficient (Wildman–Crippen LogP) is 4.87. The fraction of sp³-hybridized carbons (Fsp3) is 0.500. The third-order valence-electron chi connectivity index (χ3n) is 7.64. The first-order valence-electron chi connectivity index (χ1n) is 13.3. The molecule has 1 aromatic carbocycles. The lowest BCUT2D eigenvalue weighted by Crippen LogP contribution is -2.60. The van der Waals surface area contributed by atoms with Gasteiger partial charge in [-0.05, 0) is 49.0 Å². The minimum atomic E-state index is -0.140. The zero-order valence-electron chi connectivity index (χ0n) is 22.5. The van der Waals surface area contributed by atoms with Gasteiger partial charge in [0.2, 0.25) is 5.91 Å². The van der Waals surface area contributed by atoms with Crippen LogP contribution in [0, 0.1) is 6.92 Å². The predicted molar refractivity (Wildman–Crippen MR) is 150 cm³/mol. The Labute approximate surface area is 228 Å². The second-order valence-corrected chi connectivity index (χ2v) is 11.8. The van der Waals surface area contributed by atoms with Crippen LogP contribution in [-0.2, 0) is 16.8 Å². The molecule has 0 unspecified atom stereocenters. The Morgan fingerprint density at radius 1 is 1.24 bits per heavy atom. The number of hydrogen-bond acceptors (Lipinski definition) is 5. The molecular formula is C28H36ClN7O2. The quantitative estimate of drug-likeness (QED) is 0.372. The van der Waals surface area contributed by atoms with Crippen LogP contribution in [0.25, 0.3) is 10.9 Å². The zero-order valence-corrected chi connectivity index (χ0v) is 23.3. The lowest BCUT2D eigenvalue weighted by molar-refractivity contribution is -0.130. The van der Waals surface area contributed by atoms with Crippen molar-refractivity contribution in [3.05, 3.63) is 52.6 Å². The third kappa shape index (κ3) is 4.91. The van der Waals surface area contributed by atoms with Crippen LogP contribution in [-0.4, -0.2) is 55.6 Å². The first-order valence-corrected chi connectivity index (χ1v) is 13.7. The van der Waals surface area contributed by atoms with Gasteiger partial charge in [0.15, 0.2) is 5.82 Å². The summed E-state index contributed by atoms with van der Waals surface area (Å²) in [7, 11) is 0. The van der Waals surface area contributed by atoms with E-state index in [1.165, 1.54) is 6.08 Å². The van der Waals surface area contributed by atoms with E-state index in [9.17, 15) is 9.59 Å². The van der Waals surface area contributed by atoms with Crippen LogP contribution in [0.15, 0.2) is 24.8 Å². The third-order valence-corrected chi connectivity index (χ3v) is 7.95. The molecule has 9 nitrogen and oxygen atoms in total. The van der Waals surface area contributed by atoms with Crippen LogP contribution in [0.5, 0.6) is 0 Å². The van der Waals surface area contributed by atoms with Crippen molar-refractivity contribution in [3.63, 3.8) is 0 Å². The smallest absolute Gasteiger partial charge is 0.270 e. The highest BCUT2D eigenvalue weighted by atomic mass is 35.5. The Bertz CT molecular complexity index is 1390. The molecule has 1 aliphatic carbocycles. The van der Waals surface area contributed by atoms with E-state index in [1.807, 2.05) is 13.0 Å². The molecule has 3 heterocycles. The molecule has 2 fully saturated rings. The number of aryl methyl sites for hydroxylation is 1. The van der Waals surface area contributed by atoms with Crippen molar-refractivity contribution >= 4 is 40.1 Å². The number of rotatable bonds is 7.